The van der Waals surface area contributed by atoms with Crippen LogP contribution in [0.25, 0.3) is 23.1 Å². The zero-order chi connectivity index (χ0) is 27.8. The van der Waals surface area contributed by atoms with E-state index in [2.05, 4.69) is 30.3 Å². The molecule has 40 heavy (non-hydrogen) atoms. The van der Waals surface area contributed by atoms with Crippen LogP contribution in [0.5, 0.6) is 0 Å². The van der Waals surface area contributed by atoms with Crippen LogP contribution in [0.3, 0.4) is 0 Å². The fourth-order valence-corrected chi connectivity index (χ4v) is 5.96. The fraction of sp³-hybridized carbons (Fsp3) is 0.273. The number of benzene rings is 3. The van der Waals surface area contributed by atoms with Crippen molar-refractivity contribution in [3.05, 3.63) is 112 Å². The van der Waals surface area contributed by atoms with Gasteiger partial charge in [0.25, 0.3) is 0 Å². The molecule has 0 aliphatic rings. The zero-order valence-corrected chi connectivity index (χ0v) is 26.8. The van der Waals surface area contributed by atoms with Gasteiger partial charge in [0.05, 0.1) is 16.8 Å². The van der Waals surface area contributed by atoms with Gasteiger partial charge >= 0.3 is 29.6 Å². The van der Waals surface area contributed by atoms with E-state index >= 15 is 0 Å². The van der Waals surface area contributed by atoms with E-state index in [9.17, 15) is 15.0 Å². The molecule has 0 amide bonds. The Morgan fingerprint density at radius 1 is 1.02 bits per heavy atom. The monoisotopic (exact) mass is 581 g/mol. The molecule has 4 rings (SSSR count). The van der Waals surface area contributed by atoms with Crippen LogP contribution in [0.2, 0.25) is 5.02 Å². The summed E-state index contributed by atoms with van der Waals surface area (Å²) in [6.07, 6.45) is 6.32. The Hall–Kier alpha value is -2.12. The van der Waals surface area contributed by atoms with Gasteiger partial charge in [0.15, 0.2) is 0 Å². The molecule has 0 aliphatic carbocycles. The number of aromatic nitrogens is 1. The first-order valence-electron chi connectivity index (χ1n) is 13.1. The Balaban J connectivity index is 0.00000441. The summed E-state index contributed by atoms with van der Waals surface area (Å²) < 4.78 is 0. The summed E-state index contributed by atoms with van der Waals surface area (Å²) in [5, 5.41) is 23.3. The van der Waals surface area contributed by atoms with Crippen LogP contribution in [0.15, 0.2) is 78.9 Å². The smallest absolute Gasteiger partial charge is 0.550 e. The summed E-state index contributed by atoms with van der Waals surface area (Å²) in [7, 11) is 0. The van der Waals surface area contributed by atoms with Crippen molar-refractivity contribution in [2.45, 2.75) is 50.4 Å². The SMILES string of the molecule is CC(C)(O)Cc1ccccc1CCC(SCCC(=O)[O-])c1cccc(C=Cc2ccc3ccc(Cl)cc3n2)c1.[Na+]. The van der Waals surface area contributed by atoms with Crippen molar-refractivity contribution < 1.29 is 44.6 Å². The normalized spacial score (nSPS) is 12.4. The minimum absolute atomic E-state index is 0. The maximum atomic E-state index is 11.1. The van der Waals surface area contributed by atoms with Gasteiger partial charge in [-0.25, -0.2) is 4.98 Å². The number of pyridine rings is 1. The minimum atomic E-state index is -1.03. The largest absolute Gasteiger partial charge is 1.00 e. The molecule has 0 saturated heterocycles. The van der Waals surface area contributed by atoms with Crippen LogP contribution in [-0.4, -0.2) is 27.4 Å². The van der Waals surface area contributed by atoms with E-state index in [0.717, 1.165) is 46.1 Å². The van der Waals surface area contributed by atoms with Crippen LogP contribution in [0.1, 0.15) is 59.9 Å². The standard InChI is InChI=1S/C33H34ClNO3S.Na/c1-33(2,38)22-27-8-4-3-7-24(27)13-17-31(39-19-18-32(36)37)26-9-5-6-23(20-26)10-15-29-16-12-25-11-14-28(34)21-30(25)35-29;/h3-12,14-16,20-21,31,38H,13,17-19,22H2,1-2H3,(H,36,37);/q;+1/p-1. The number of fused-ring (bicyclic) bond motifs is 1. The van der Waals surface area contributed by atoms with E-state index in [1.165, 1.54) is 5.56 Å². The second-order valence-electron chi connectivity index (χ2n) is 10.4. The van der Waals surface area contributed by atoms with Gasteiger partial charge in [-0.3, -0.25) is 0 Å². The van der Waals surface area contributed by atoms with Gasteiger partial charge in [-0.05, 0) is 85.4 Å². The molecule has 3 aromatic carbocycles. The second kappa shape index (κ2) is 15.2. The fourth-order valence-electron chi connectivity index (χ4n) is 4.60. The van der Waals surface area contributed by atoms with Gasteiger partial charge in [0.1, 0.15) is 0 Å². The molecular formula is C33H33ClNNaO3S. The van der Waals surface area contributed by atoms with Crippen molar-refractivity contribution in [3.63, 3.8) is 0 Å². The van der Waals surface area contributed by atoms with Crippen LogP contribution in [0.4, 0.5) is 0 Å². The molecule has 7 heteroatoms. The van der Waals surface area contributed by atoms with Crippen molar-refractivity contribution in [3.8, 4) is 0 Å². The van der Waals surface area contributed by atoms with Crippen LogP contribution >= 0.6 is 23.4 Å². The summed E-state index contributed by atoms with van der Waals surface area (Å²) in [5.41, 5.74) is 5.47. The topological polar surface area (TPSA) is 73.2 Å². The van der Waals surface area contributed by atoms with Crippen molar-refractivity contribution in [1.82, 2.24) is 4.98 Å². The molecule has 0 radical (unpaired) electrons. The molecule has 4 aromatic rings. The third-order valence-corrected chi connectivity index (χ3v) is 8.03. The van der Waals surface area contributed by atoms with Gasteiger partial charge < -0.3 is 15.0 Å². The number of thioether (sulfide) groups is 1. The van der Waals surface area contributed by atoms with Crippen molar-refractivity contribution in [1.29, 1.82) is 0 Å². The Morgan fingerprint density at radius 3 is 2.52 bits per heavy atom. The molecule has 0 fully saturated rings. The molecule has 4 nitrogen and oxygen atoms in total. The predicted molar refractivity (Wildman–Crippen MR) is 162 cm³/mol. The Morgan fingerprint density at radius 2 is 1.77 bits per heavy atom. The van der Waals surface area contributed by atoms with E-state index < -0.39 is 11.6 Å². The zero-order valence-electron chi connectivity index (χ0n) is 23.3. The van der Waals surface area contributed by atoms with Crippen molar-refractivity contribution in [2.75, 3.05) is 5.75 Å². The first-order chi connectivity index (χ1) is 18.7. The number of rotatable bonds is 12. The summed E-state index contributed by atoms with van der Waals surface area (Å²) >= 11 is 7.79. The third kappa shape index (κ3) is 10.1. The van der Waals surface area contributed by atoms with Crippen LogP contribution in [0, 0.1) is 0 Å². The molecule has 0 bridgehead atoms. The van der Waals surface area contributed by atoms with E-state index in [4.69, 9.17) is 16.6 Å². The number of aliphatic hydroxyl groups is 1. The summed E-state index contributed by atoms with van der Waals surface area (Å²) in [4.78, 5) is 15.8. The van der Waals surface area contributed by atoms with E-state index in [0.29, 0.717) is 17.2 Å². The number of halogens is 1. The molecule has 1 heterocycles. The summed E-state index contributed by atoms with van der Waals surface area (Å²) in [6.45, 7) is 3.65. The summed E-state index contributed by atoms with van der Waals surface area (Å²) in [5.74, 6) is -0.542. The molecule has 202 valence electrons. The van der Waals surface area contributed by atoms with Crippen molar-refractivity contribution in [2.24, 2.45) is 0 Å². The first kappa shape index (κ1) is 32.4. The average molecular weight is 582 g/mol. The summed E-state index contributed by atoms with van der Waals surface area (Å²) in [6, 6.07) is 26.3. The molecule has 0 saturated carbocycles. The van der Waals surface area contributed by atoms with E-state index in [1.807, 2.05) is 74.5 Å². The Kier molecular flexibility index (Phi) is 12.3. The van der Waals surface area contributed by atoms with Gasteiger partial charge in [-0.1, -0.05) is 78.3 Å². The minimum Gasteiger partial charge on any atom is -0.550 e. The van der Waals surface area contributed by atoms with Gasteiger partial charge in [0.2, 0.25) is 0 Å². The first-order valence-corrected chi connectivity index (χ1v) is 14.5. The maximum Gasteiger partial charge on any atom is 1.00 e. The van der Waals surface area contributed by atoms with Crippen LogP contribution in [-0.2, 0) is 17.6 Å². The van der Waals surface area contributed by atoms with Gasteiger partial charge in [-0.15, -0.1) is 0 Å². The Bertz CT molecular complexity index is 1470. The van der Waals surface area contributed by atoms with E-state index in [-0.39, 0.29) is 41.2 Å². The maximum absolute atomic E-state index is 11.1. The number of carbonyl (C=O) groups excluding carboxylic acids is 1. The molecule has 1 N–H and O–H groups in total. The number of aryl methyl sites for hydroxylation is 1. The third-order valence-electron chi connectivity index (χ3n) is 6.45. The number of hydrogen-bond acceptors (Lipinski definition) is 5. The Labute approximate surface area is 268 Å². The molecule has 1 unspecified atom stereocenters. The molecule has 0 spiro atoms. The predicted octanol–water partition coefficient (Wildman–Crippen LogP) is 3.92. The quantitative estimate of drug-likeness (QED) is 0.257. The van der Waals surface area contributed by atoms with Gasteiger partial charge in [0, 0.05) is 28.0 Å². The number of aliphatic carboxylic acids is 1. The van der Waals surface area contributed by atoms with Crippen molar-refractivity contribution >= 4 is 52.4 Å². The molecule has 1 atom stereocenters. The molecular weight excluding hydrogens is 549 g/mol. The molecule has 0 aliphatic heterocycles. The van der Waals surface area contributed by atoms with Gasteiger partial charge in [-0.2, -0.15) is 11.8 Å². The number of hydrogen-bond donors (Lipinski definition) is 1. The number of nitrogens with zero attached hydrogens (tertiary/aromatic N) is 1. The number of carboxylic acids is 1. The average Bonchev–Trinajstić information content (AvgIpc) is 2.89. The van der Waals surface area contributed by atoms with E-state index in [1.54, 1.807) is 11.8 Å². The second-order valence-corrected chi connectivity index (χ2v) is 12.1. The molecule has 1 aromatic heterocycles. The number of carboxylic acid groups (broad SMARTS) is 1. The van der Waals surface area contributed by atoms with Crippen LogP contribution < -0.4 is 34.7 Å². The number of carbonyl (C=O) groups is 1.